The quantitative estimate of drug-likeness (QED) is 0.491. The zero-order chi connectivity index (χ0) is 18.3. The Labute approximate surface area is 153 Å². The number of nitrogens with zero attached hydrogens (tertiary/aromatic N) is 2. The third kappa shape index (κ3) is 10.0. The molecule has 140 valence electrons. The minimum atomic E-state index is -0.842. The molecular weight excluding hydrogens is 312 g/mol. The van der Waals surface area contributed by atoms with Crippen molar-refractivity contribution in [3.05, 3.63) is 42.2 Å². The summed E-state index contributed by atoms with van der Waals surface area (Å²) in [5.41, 5.74) is 1.36. The molecule has 1 unspecified atom stereocenters. The lowest BCUT2D eigenvalue weighted by molar-refractivity contribution is -0.131. The summed E-state index contributed by atoms with van der Waals surface area (Å²) >= 11 is 0. The number of aliphatic carboxylic acids is 1. The standard InChI is InChI=1S/C11H20O2.C10H14N2/c1-2-3-4-5-6-7-8-9-10-11(12)13;1-12-7-3-5-10(12)9-4-2-6-11-8-9/h9-10H,2-8H2,1H3,(H,12,13);2,4,6,8,10H,3,5,7H2,1H3. The van der Waals surface area contributed by atoms with Gasteiger partial charge in [-0.1, -0.05) is 51.2 Å². The summed E-state index contributed by atoms with van der Waals surface area (Å²) in [5.74, 6) is -0.842. The second-order valence-electron chi connectivity index (χ2n) is 6.72. The highest BCUT2D eigenvalue weighted by atomic mass is 16.4. The van der Waals surface area contributed by atoms with Gasteiger partial charge in [-0.05, 0) is 50.9 Å². The van der Waals surface area contributed by atoms with Crippen molar-refractivity contribution in [1.82, 2.24) is 9.88 Å². The molecule has 1 N–H and O–H groups in total. The predicted octanol–water partition coefficient (Wildman–Crippen LogP) is 5.23. The first-order valence-corrected chi connectivity index (χ1v) is 9.64. The fraction of sp³-hybridized carbons (Fsp3) is 0.619. The topological polar surface area (TPSA) is 53.4 Å². The third-order valence-electron chi connectivity index (χ3n) is 4.57. The van der Waals surface area contributed by atoms with Gasteiger partial charge in [-0.3, -0.25) is 9.88 Å². The molecule has 0 aliphatic carbocycles. The van der Waals surface area contributed by atoms with Crippen LogP contribution in [0.1, 0.15) is 76.3 Å². The Hall–Kier alpha value is -1.68. The average molecular weight is 347 g/mol. The molecule has 1 aliphatic rings. The van der Waals surface area contributed by atoms with Crippen LogP contribution in [0, 0.1) is 0 Å². The largest absolute Gasteiger partial charge is 0.478 e. The van der Waals surface area contributed by atoms with E-state index < -0.39 is 5.97 Å². The molecule has 1 aliphatic heterocycles. The number of hydrogen-bond donors (Lipinski definition) is 1. The molecule has 1 fully saturated rings. The van der Waals surface area contributed by atoms with E-state index in [4.69, 9.17) is 5.11 Å². The molecule has 2 rings (SSSR count). The molecule has 0 spiro atoms. The van der Waals surface area contributed by atoms with E-state index in [1.54, 1.807) is 6.08 Å². The predicted molar refractivity (Wildman–Crippen MR) is 104 cm³/mol. The zero-order valence-electron chi connectivity index (χ0n) is 15.9. The highest BCUT2D eigenvalue weighted by molar-refractivity contribution is 5.79. The lowest BCUT2D eigenvalue weighted by atomic mass is 10.1. The van der Waals surface area contributed by atoms with Crippen LogP contribution in [0.3, 0.4) is 0 Å². The van der Waals surface area contributed by atoms with E-state index in [2.05, 4.69) is 29.9 Å². The van der Waals surface area contributed by atoms with E-state index in [0.717, 1.165) is 12.8 Å². The van der Waals surface area contributed by atoms with Gasteiger partial charge >= 0.3 is 5.97 Å². The maximum absolute atomic E-state index is 10.1. The van der Waals surface area contributed by atoms with Crippen LogP contribution in [0.4, 0.5) is 0 Å². The summed E-state index contributed by atoms with van der Waals surface area (Å²) < 4.78 is 0. The molecule has 4 nitrogen and oxygen atoms in total. The maximum Gasteiger partial charge on any atom is 0.327 e. The second kappa shape index (κ2) is 13.6. The normalized spacial score (nSPS) is 17.4. The highest BCUT2D eigenvalue weighted by Crippen LogP contribution is 2.29. The van der Waals surface area contributed by atoms with Crippen LogP contribution < -0.4 is 0 Å². The molecule has 25 heavy (non-hydrogen) atoms. The molecule has 1 saturated heterocycles. The molecule has 4 heteroatoms. The van der Waals surface area contributed by atoms with Gasteiger partial charge in [0.15, 0.2) is 0 Å². The Morgan fingerprint density at radius 3 is 2.68 bits per heavy atom. The van der Waals surface area contributed by atoms with E-state index in [-0.39, 0.29) is 0 Å². The second-order valence-corrected chi connectivity index (χ2v) is 6.72. The van der Waals surface area contributed by atoms with Gasteiger partial charge in [-0.15, -0.1) is 0 Å². The van der Waals surface area contributed by atoms with Crippen molar-refractivity contribution in [2.24, 2.45) is 0 Å². The molecule has 0 saturated carbocycles. The van der Waals surface area contributed by atoms with Crippen LogP contribution in [0.5, 0.6) is 0 Å². The van der Waals surface area contributed by atoms with Crippen molar-refractivity contribution in [1.29, 1.82) is 0 Å². The highest BCUT2D eigenvalue weighted by Gasteiger charge is 2.21. The number of hydrogen-bond acceptors (Lipinski definition) is 3. The molecule has 1 atom stereocenters. The van der Waals surface area contributed by atoms with Crippen molar-refractivity contribution in [3.8, 4) is 0 Å². The van der Waals surface area contributed by atoms with Gasteiger partial charge in [0.1, 0.15) is 0 Å². The van der Waals surface area contributed by atoms with Gasteiger partial charge in [0.25, 0.3) is 0 Å². The van der Waals surface area contributed by atoms with E-state index >= 15 is 0 Å². The summed E-state index contributed by atoms with van der Waals surface area (Å²) in [5, 5.41) is 8.30. The van der Waals surface area contributed by atoms with Gasteiger partial charge in [0.2, 0.25) is 0 Å². The number of carbonyl (C=O) groups is 1. The molecule has 2 heterocycles. The number of carboxylic acids is 1. The smallest absolute Gasteiger partial charge is 0.327 e. The molecule has 1 aromatic heterocycles. The van der Waals surface area contributed by atoms with E-state index in [9.17, 15) is 4.79 Å². The monoisotopic (exact) mass is 346 g/mol. The first-order chi connectivity index (χ1) is 12.1. The van der Waals surface area contributed by atoms with Crippen molar-refractivity contribution >= 4 is 5.97 Å². The van der Waals surface area contributed by atoms with Crippen LogP contribution in [0.25, 0.3) is 0 Å². The minimum absolute atomic E-state index is 0.610. The number of rotatable bonds is 9. The SMILES string of the molecule is CCCCCCCCC=CC(=O)O.CN1CCCC1c1cccnc1. The molecule has 0 bridgehead atoms. The Balaban J connectivity index is 0.000000250. The Morgan fingerprint density at radius 2 is 2.08 bits per heavy atom. The number of unbranched alkanes of at least 4 members (excludes halogenated alkanes) is 6. The van der Waals surface area contributed by atoms with Gasteiger partial charge in [-0.25, -0.2) is 4.79 Å². The first kappa shape index (κ1) is 21.4. The van der Waals surface area contributed by atoms with Crippen molar-refractivity contribution < 1.29 is 9.90 Å². The van der Waals surface area contributed by atoms with Crippen molar-refractivity contribution in [2.45, 2.75) is 70.8 Å². The number of likely N-dealkylation sites (tertiary alicyclic amines) is 1. The molecule has 0 radical (unpaired) electrons. The first-order valence-electron chi connectivity index (χ1n) is 9.64. The molecule has 0 aromatic carbocycles. The Morgan fingerprint density at radius 1 is 1.32 bits per heavy atom. The fourth-order valence-corrected chi connectivity index (χ4v) is 3.13. The van der Waals surface area contributed by atoms with Gasteiger partial charge in [0.05, 0.1) is 0 Å². The molecular formula is C21H34N2O2. The Bertz CT molecular complexity index is 488. The van der Waals surface area contributed by atoms with E-state index in [0.29, 0.717) is 6.04 Å². The van der Waals surface area contributed by atoms with E-state index in [1.807, 2.05) is 18.5 Å². The number of pyridine rings is 1. The van der Waals surface area contributed by atoms with Crippen LogP contribution in [0.2, 0.25) is 0 Å². The van der Waals surface area contributed by atoms with Crippen LogP contribution in [-0.2, 0) is 4.79 Å². The number of carboxylic acid groups (broad SMARTS) is 1. The van der Waals surface area contributed by atoms with E-state index in [1.165, 1.54) is 63.1 Å². The summed E-state index contributed by atoms with van der Waals surface area (Å²) in [7, 11) is 2.19. The lowest BCUT2D eigenvalue weighted by Crippen LogP contribution is -2.17. The number of allylic oxidation sites excluding steroid dienone is 1. The summed E-state index contributed by atoms with van der Waals surface area (Å²) in [6, 6.07) is 4.79. The van der Waals surface area contributed by atoms with Gasteiger partial charge in [0, 0.05) is 24.5 Å². The summed E-state index contributed by atoms with van der Waals surface area (Å²) in [6.45, 7) is 3.43. The molecule has 0 amide bonds. The lowest BCUT2D eigenvalue weighted by Gasteiger charge is -2.18. The van der Waals surface area contributed by atoms with Crippen molar-refractivity contribution in [2.75, 3.05) is 13.6 Å². The van der Waals surface area contributed by atoms with Crippen LogP contribution in [-0.4, -0.2) is 34.6 Å². The Kier molecular flexibility index (Phi) is 11.6. The molecule has 1 aromatic rings. The van der Waals surface area contributed by atoms with Crippen molar-refractivity contribution in [3.63, 3.8) is 0 Å². The van der Waals surface area contributed by atoms with Crippen LogP contribution >= 0.6 is 0 Å². The fourth-order valence-electron chi connectivity index (χ4n) is 3.13. The van der Waals surface area contributed by atoms with Gasteiger partial charge < -0.3 is 5.11 Å². The summed E-state index contributed by atoms with van der Waals surface area (Å²) in [6.07, 6.45) is 17.8. The minimum Gasteiger partial charge on any atom is -0.478 e. The average Bonchev–Trinajstić information content (AvgIpc) is 3.04. The van der Waals surface area contributed by atoms with Gasteiger partial charge in [-0.2, -0.15) is 0 Å². The van der Waals surface area contributed by atoms with Crippen LogP contribution in [0.15, 0.2) is 36.7 Å². The zero-order valence-corrected chi connectivity index (χ0v) is 15.9. The third-order valence-corrected chi connectivity index (χ3v) is 4.57. The maximum atomic E-state index is 10.1. The summed E-state index contributed by atoms with van der Waals surface area (Å²) in [4.78, 5) is 16.6. The number of aromatic nitrogens is 1.